The van der Waals surface area contributed by atoms with Gasteiger partial charge in [0.05, 0.1) is 6.07 Å². The van der Waals surface area contributed by atoms with Crippen molar-refractivity contribution in [2.75, 3.05) is 0 Å². The van der Waals surface area contributed by atoms with Crippen molar-refractivity contribution in [2.45, 2.75) is 25.4 Å². The lowest BCUT2D eigenvalue weighted by atomic mass is 9.91. The van der Waals surface area contributed by atoms with Crippen molar-refractivity contribution >= 4 is 5.78 Å². The maximum absolute atomic E-state index is 12.6. The summed E-state index contributed by atoms with van der Waals surface area (Å²) in [6, 6.07) is 1.24. The molecule has 0 aromatic carbocycles. The van der Waals surface area contributed by atoms with Crippen molar-refractivity contribution in [3.63, 3.8) is 0 Å². The summed E-state index contributed by atoms with van der Waals surface area (Å²) >= 11 is 0. The van der Waals surface area contributed by atoms with Gasteiger partial charge in [0.2, 0.25) is 0 Å². The van der Waals surface area contributed by atoms with E-state index in [-0.39, 0.29) is 0 Å². The Bertz CT molecular complexity index is 342. The second-order valence-electron chi connectivity index (χ2n) is 3.50. The zero-order valence-electron chi connectivity index (χ0n) is 7.53. The van der Waals surface area contributed by atoms with Gasteiger partial charge in [0, 0.05) is 6.42 Å². The van der Waals surface area contributed by atoms with E-state index in [0.29, 0.717) is 0 Å². The molecule has 0 aliphatic heterocycles. The largest absolute Gasteiger partial charge is 0.407 e. The second kappa shape index (κ2) is 2.90. The second-order valence-corrected chi connectivity index (χ2v) is 3.50. The predicted octanol–water partition coefficient (Wildman–Crippen LogP) is 2.30. The fourth-order valence-corrected chi connectivity index (χ4v) is 1.43. The number of carbonyl (C=O) groups excluding carboxylic acids is 1. The van der Waals surface area contributed by atoms with Gasteiger partial charge in [0.1, 0.15) is 5.92 Å². The monoisotopic (exact) mass is 227 g/mol. The number of carbonyl (C=O) groups is 1. The Hall–Kier alpha value is -1.19. The van der Waals surface area contributed by atoms with Gasteiger partial charge in [-0.05, 0) is 6.92 Å². The van der Waals surface area contributed by atoms with Crippen LogP contribution in [0.2, 0.25) is 0 Å². The minimum Gasteiger partial charge on any atom is -0.297 e. The first-order valence-corrected chi connectivity index (χ1v) is 3.98. The fourth-order valence-electron chi connectivity index (χ4n) is 1.43. The van der Waals surface area contributed by atoms with Gasteiger partial charge in [-0.3, -0.25) is 4.79 Å². The Morgan fingerprint density at radius 1 is 1.47 bits per heavy atom. The molecule has 2 atom stereocenters. The van der Waals surface area contributed by atoms with Crippen molar-refractivity contribution in [2.24, 2.45) is 11.3 Å². The average Bonchev–Trinajstić information content (AvgIpc) is 2.67. The highest BCUT2D eigenvalue weighted by molar-refractivity contribution is 5.93. The summed E-state index contributed by atoms with van der Waals surface area (Å²) < 4.78 is 62.3. The number of hydrogen-bond donors (Lipinski definition) is 0. The third-order valence-corrected chi connectivity index (χ3v) is 2.48. The van der Waals surface area contributed by atoms with Crippen LogP contribution in [0.25, 0.3) is 0 Å². The smallest absolute Gasteiger partial charge is 0.297 e. The SMILES string of the molecule is CC(C#N)C(=O)C1(C(F)(F)F)CC1(F)F. The van der Waals surface area contributed by atoms with E-state index in [0.717, 1.165) is 6.92 Å². The summed E-state index contributed by atoms with van der Waals surface area (Å²) in [5.74, 6) is -7.50. The van der Waals surface area contributed by atoms with Crippen molar-refractivity contribution in [3.8, 4) is 6.07 Å². The molecule has 1 saturated carbocycles. The van der Waals surface area contributed by atoms with Gasteiger partial charge in [-0.1, -0.05) is 0 Å². The van der Waals surface area contributed by atoms with Crippen LogP contribution in [-0.2, 0) is 4.79 Å². The Morgan fingerprint density at radius 2 is 1.87 bits per heavy atom. The standard InChI is InChI=1S/C8H6F5NO/c1-4(2-14)5(15)6(8(11,12)13)3-7(6,9)10/h4H,3H2,1H3. The lowest BCUT2D eigenvalue weighted by Crippen LogP contribution is -2.40. The molecule has 0 aromatic rings. The highest BCUT2D eigenvalue weighted by Gasteiger charge is 2.87. The van der Waals surface area contributed by atoms with Crippen LogP contribution in [0.15, 0.2) is 0 Å². The molecule has 1 rings (SSSR count). The Labute approximate surface area is 81.7 Å². The van der Waals surface area contributed by atoms with Crippen LogP contribution in [0.5, 0.6) is 0 Å². The van der Waals surface area contributed by atoms with Crippen LogP contribution >= 0.6 is 0 Å². The number of hydrogen-bond acceptors (Lipinski definition) is 2. The third kappa shape index (κ3) is 1.39. The Morgan fingerprint density at radius 3 is 2.07 bits per heavy atom. The van der Waals surface area contributed by atoms with Gasteiger partial charge >= 0.3 is 6.18 Å². The zero-order chi connectivity index (χ0) is 12.1. The van der Waals surface area contributed by atoms with Crippen molar-refractivity contribution in [1.29, 1.82) is 5.26 Å². The number of nitriles is 1. The van der Waals surface area contributed by atoms with E-state index < -0.39 is 35.6 Å². The molecule has 0 aromatic heterocycles. The molecule has 1 fully saturated rings. The minimum atomic E-state index is -5.31. The summed E-state index contributed by atoms with van der Waals surface area (Å²) in [4.78, 5) is 11.1. The first-order chi connectivity index (χ1) is 6.60. The highest BCUT2D eigenvalue weighted by Crippen LogP contribution is 2.69. The van der Waals surface area contributed by atoms with Crippen LogP contribution < -0.4 is 0 Å². The first kappa shape index (κ1) is 11.9. The van der Waals surface area contributed by atoms with Gasteiger partial charge in [-0.15, -0.1) is 0 Å². The molecule has 84 valence electrons. The number of Topliss-reactive ketones (excluding diaryl/α,β-unsaturated/α-hetero) is 1. The maximum atomic E-state index is 12.6. The topological polar surface area (TPSA) is 40.9 Å². The molecule has 1 aliphatic carbocycles. The molecule has 0 bridgehead atoms. The molecule has 0 saturated heterocycles. The quantitative estimate of drug-likeness (QED) is 0.679. The van der Waals surface area contributed by atoms with E-state index in [4.69, 9.17) is 5.26 Å². The van der Waals surface area contributed by atoms with Gasteiger partial charge < -0.3 is 0 Å². The van der Waals surface area contributed by atoms with E-state index in [1.807, 2.05) is 0 Å². The maximum Gasteiger partial charge on any atom is 0.407 e. The summed E-state index contributed by atoms with van der Waals surface area (Å²) in [5.41, 5.74) is -3.63. The third-order valence-electron chi connectivity index (χ3n) is 2.48. The van der Waals surface area contributed by atoms with Crippen molar-refractivity contribution < 1.29 is 26.7 Å². The lowest BCUT2D eigenvalue weighted by Gasteiger charge is -2.19. The fraction of sp³-hybridized carbons (Fsp3) is 0.750. The molecule has 0 N–H and O–H groups in total. The number of halogens is 5. The number of alkyl halides is 5. The van der Waals surface area contributed by atoms with E-state index in [1.165, 1.54) is 6.07 Å². The number of nitrogens with zero attached hydrogens (tertiary/aromatic N) is 1. The molecule has 1 aliphatic rings. The van der Waals surface area contributed by atoms with Crippen molar-refractivity contribution in [1.82, 2.24) is 0 Å². The molecule has 0 spiro atoms. The summed E-state index contributed by atoms with van der Waals surface area (Å²) in [5, 5.41) is 8.25. The summed E-state index contributed by atoms with van der Waals surface area (Å²) in [6.45, 7) is 0.879. The lowest BCUT2D eigenvalue weighted by molar-refractivity contribution is -0.211. The van der Waals surface area contributed by atoms with Gasteiger partial charge in [0.15, 0.2) is 11.2 Å². The predicted molar refractivity (Wildman–Crippen MR) is 37.8 cm³/mol. The highest BCUT2D eigenvalue weighted by atomic mass is 19.4. The number of rotatable bonds is 2. The molecule has 2 nitrogen and oxygen atoms in total. The molecular weight excluding hydrogens is 221 g/mol. The van der Waals surface area contributed by atoms with E-state index in [2.05, 4.69) is 0 Å². The average molecular weight is 227 g/mol. The molecule has 7 heteroatoms. The summed E-state index contributed by atoms with van der Waals surface area (Å²) in [6.07, 6.45) is -6.85. The van der Waals surface area contributed by atoms with Gasteiger partial charge in [-0.25, -0.2) is 8.78 Å². The molecule has 0 radical (unpaired) electrons. The van der Waals surface area contributed by atoms with E-state index >= 15 is 0 Å². The molecule has 15 heavy (non-hydrogen) atoms. The van der Waals surface area contributed by atoms with Gasteiger partial charge in [0.25, 0.3) is 5.92 Å². The zero-order valence-corrected chi connectivity index (χ0v) is 7.53. The Kier molecular flexibility index (Phi) is 2.30. The molecular formula is C8H6F5NO. The Balaban J connectivity index is 3.10. The van der Waals surface area contributed by atoms with Crippen LogP contribution in [0, 0.1) is 22.7 Å². The van der Waals surface area contributed by atoms with E-state index in [1.54, 1.807) is 0 Å². The normalized spacial score (nSPS) is 30.5. The molecule has 2 unspecified atom stereocenters. The van der Waals surface area contributed by atoms with Crippen molar-refractivity contribution in [3.05, 3.63) is 0 Å². The van der Waals surface area contributed by atoms with Crippen LogP contribution in [0.1, 0.15) is 13.3 Å². The first-order valence-electron chi connectivity index (χ1n) is 3.98. The summed E-state index contributed by atoms with van der Waals surface area (Å²) in [7, 11) is 0. The number of ketones is 1. The molecule has 0 heterocycles. The van der Waals surface area contributed by atoms with Crippen LogP contribution in [0.3, 0.4) is 0 Å². The molecule has 0 amide bonds. The van der Waals surface area contributed by atoms with E-state index in [9.17, 15) is 26.7 Å². The van der Waals surface area contributed by atoms with Crippen LogP contribution in [0.4, 0.5) is 22.0 Å². The minimum absolute atomic E-state index is 0.879. The van der Waals surface area contributed by atoms with Gasteiger partial charge in [-0.2, -0.15) is 18.4 Å². The van der Waals surface area contributed by atoms with Crippen LogP contribution in [-0.4, -0.2) is 17.9 Å².